The zero-order chi connectivity index (χ0) is 8.53. The van der Waals surface area contributed by atoms with E-state index >= 15 is 0 Å². The molecule has 0 atom stereocenters. The SMILES string of the molecule is COC(=O)/C=C/CCCC=O. The average molecular weight is 156 g/mol. The third kappa shape index (κ3) is 6.77. The van der Waals surface area contributed by atoms with Crippen molar-refractivity contribution in [3.63, 3.8) is 0 Å². The second-order valence-corrected chi connectivity index (χ2v) is 2.02. The summed E-state index contributed by atoms with van der Waals surface area (Å²) in [6.07, 6.45) is 6.02. The first kappa shape index (κ1) is 9.88. The molecule has 0 amide bonds. The van der Waals surface area contributed by atoms with Gasteiger partial charge in [0.05, 0.1) is 7.11 Å². The molecule has 0 aromatic carbocycles. The predicted octanol–water partition coefficient (Wildman–Crippen LogP) is 1.08. The maximum atomic E-state index is 10.5. The Labute approximate surface area is 66.0 Å². The van der Waals surface area contributed by atoms with E-state index in [1.165, 1.54) is 13.2 Å². The minimum atomic E-state index is -0.351. The van der Waals surface area contributed by atoms with Crippen LogP contribution in [0.15, 0.2) is 12.2 Å². The van der Waals surface area contributed by atoms with E-state index in [-0.39, 0.29) is 5.97 Å². The van der Waals surface area contributed by atoms with Crippen LogP contribution in [-0.2, 0) is 14.3 Å². The Kier molecular flexibility index (Phi) is 6.28. The number of hydrogen-bond acceptors (Lipinski definition) is 3. The molecule has 0 spiro atoms. The van der Waals surface area contributed by atoms with Gasteiger partial charge in [0.2, 0.25) is 0 Å². The maximum Gasteiger partial charge on any atom is 0.330 e. The van der Waals surface area contributed by atoms with Crippen LogP contribution in [0.4, 0.5) is 0 Å². The average Bonchev–Trinajstić information content (AvgIpc) is 2.04. The van der Waals surface area contributed by atoms with Gasteiger partial charge in [0.25, 0.3) is 0 Å². The molecule has 0 saturated carbocycles. The van der Waals surface area contributed by atoms with E-state index in [1.54, 1.807) is 6.08 Å². The third-order valence-corrected chi connectivity index (χ3v) is 1.15. The molecule has 0 radical (unpaired) electrons. The van der Waals surface area contributed by atoms with Crippen LogP contribution in [0, 0.1) is 0 Å². The van der Waals surface area contributed by atoms with Crippen LogP contribution >= 0.6 is 0 Å². The van der Waals surface area contributed by atoms with Crippen molar-refractivity contribution < 1.29 is 14.3 Å². The van der Waals surface area contributed by atoms with Crippen LogP contribution in [0.3, 0.4) is 0 Å². The Morgan fingerprint density at radius 1 is 1.45 bits per heavy atom. The Morgan fingerprint density at radius 2 is 2.18 bits per heavy atom. The summed E-state index contributed by atoms with van der Waals surface area (Å²) in [4.78, 5) is 20.3. The minimum Gasteiger partial charge on any atom is -0.466 e. The van der Waals surface area contributed by atoms with Gasteiger partial charge in [0.1, 0.15) is 6.29 Å². The second kappa shape index (κ2) is 6.99. The molecule has 0 N–H and O–H groups in total. The van der Waals surface area contributed by atoms with Crippen molar-refractivity contribution in [2.24, 2.45) is 0 Å². The lowest BCUT2D eigenvalue weighted by molar-refractivity contribution is -0.134. The number of carbonyl (C=O) groups excluding carboxylic acids is 2. The van der Waals surface area contributed by atoms with Crippen molar-refractivity contribution in [2.45, 2.75) is 19.3 Å². The zero-order valence-corrected chi connectivity index (χ0v) is 6.58. The lowest BCUT2D eigenvalue weighted by Gasteiger charge is -1.89. The van der Waals surface area contributed by atoms with E-state index in [1.807, 2.05) is 0 Å². The topological polar surface area (TPSA) is 43.4 Å². The van der Waals surface area contributed by atoms with Gasteiger partial charge in [0.15, 0.2) is 0 Å². The number of ether oxygens (including phenoxy) is 1. The Morgan fingerprint density at radius 3 is 2.73 bits per heavy atom. The number of carbonyl (C=O) groups is 2. The Bertz CT molecular complexity index is 149. The van der Waals surface area contributed by atoms with Gasteiger partial charge in [-0.1, -0.05) is 6.08 Å². The largest absolute Gasteiger partial charge is 0.466 e. The first-order valence-electron chi connectivity index (χ1n) is 3.49. The van der Waals surface area contributed by atoms with E-state index in [9.17, 15) is 9.59 Å². The molecule has 0 fully saturated rings. The lowest BCUT2D eigenvalue weighted by Crippen LogP contribution is -1.93. The zero-order valence-electron chi connectivity index (χ0n) is 6.58. The highest BCUT2D eigenvalue weighted by Gasteiger charge is 1.88. The number of methoxy groups -OCH3 is 1. The van der Waals surface area contributed by atoms with Crippen LogP contribution in [-0.4, -0.2) is 19.4 Å². The highest BCUT2D eigenvalue weighted by Crippen LogP contribution is 1.93. The quantitative estimate of drug-likeness (QED) is 0.259. The van der Waals surface area contributed by atoms with E-state index in [2.05, 4.69) is 4.74 Å². The van der Waals surface area contributed by atoms with Crippen LogP contribution in [0.2, 0.25) is 0 Å². The molecule has 0 aromatic heterocycles. The monoisotopic (exact) mass is 156 g/mol. The fourth-order valence-corrected chi connectivity index (χ4v) is 0.567. The highest BCUT2D eigenvalue weighted by atomic mass is 16.5. The first-order chi connectivity index (χ1) is 5.31. The molecule has 0 aliphatic rings. The molecule has 0 aromatic rings. The summed E-state index contributed by atoms with van der Waals surface area (Å²) in [6.45, 7) is 0. The summed E-state index contributed by atoms with van der Waals surface area (Å²) in [5.41, 5.74) is 0. The molecule has 3 heteroatoms. The fourth-order valence-electron chi connectivity index (χ4n) is 0.567. The molecule has 0 bridgehead atoms. The molecular formula is C8H12O3. The number of unbranched alkanes of at least 4 members (excludes halogenated alkanes) is 2. The Hall–Kier alpha value is -1.12. The first-order valence-corrected chi connectivity index (χ1v) is 3.49. The lowest BCUT2D eigenvalue weighted by atomic mass is 10.2. The molecule has 3 nitrogen and oxygen atoms in total. The van der Waals surface area contributed by atoms with E-state index in [0.29, 0.717) is 6.42 Å². The van der Waals surface area contributed by atoms with E-state index < -0.39 is 0 Å². The fraction of sp³-hybridized carbons (Fsp3) is 0.500. The Balaban J connectivity index is 3.29. The summed E-state index contributed by atoms with van der Waals surface area (Å²) in [5, 5.41) is 0. The van der Waals surface area contributed by atoms with Gasteiger partial charge in [-0.3, -0.25) is 0 Å². The third-order valence-electron chi connectivity index (χ3n) is 1.15. The van der Waals surface area contributed by atoms with Gasteiger partial charge in [-0.15, -0.1) is 0 Å². The normalized spacial score (nSPS) is 9.91. The second-order valence-electron chi connectivity index (χ2n) is 2.02. The summed E-state index contributed by atoms with van der Waals surface area (Å²) >= 11 is 0. The van der Waals surface area contributed by atoms with Crippen LogP contribution in [0.5, 0.6) is 0 Å². The molecule has 0 saturated heterocycles. The molecule has 0 rings (SSSR count). The van der Waals surface area contributed by atoms with Gasteiger partial charge in [-0.05, 0) is 12.8 Å². The summed E-state index contributed by atoms with van der Waals surface area (Å²) < 4.78 is 4.36. The number of esters is 1. The highest BCUT2D eigenvalue weighted by molar-refractivity contribution is 5.81. The maximum absolute atomic E-state index is 10.5. The summed E-state index contributed by atoms with van der Waals surface area (Å²) in [6, 6.07) is 0. The van der Waals surface area contributed by atoms with Crippen molar-refractivity contribution >= 4 is 12.3 Å². The molecule has 62 valence electrons. The minimum absolute atomic E-state index is 0.351. The van der Waals surface area contributed by atoms with E-state index in [4.69, 9.17) is 0 Å². The molecule has 0 heterocycles. The number of hydrogen-bond donors (Lipinski definition) is 0. The van der Waals surface area contributed by atoms with Crippen molar-refractivity contribution in [1.82, 2.24) is 0 Å². The van der Waals surface area contributed by atoms with Gasteiger partial charge >= 0.3 is 5.97 Å². The smallest absolute Gasteiger partial charge is 0.330 e. The molecule has 11 heavy (non-hydrogen) atoms. The van der Waals surface area contributed by atoms with Crippen molar-refractivity contribution in [2.75, 3.05) is 7.11 Å². The van der Waals surface area contributed by atoms with Crippen molar-refractivity contribution in [3.05, 3.63) is 12.2 Å². The van der Waals surface area contributed by atoms with Crippen molar-refractivity contribution in [3.8, 4) is 0 Å². The van der Waals surface area contributed by atoms with Gasteiger partial charge in [0, 0.05) is 12.5 Å². The van der Waals surface area contributed by atoms with E-state index in [0.717, 1.165) is 19.1 Å². The summed E-state index contributed by atoms with van der Waals surface area (Å²) in [7, 11) is 1.33. The van der Waals surface area contributed by atoms with Gasteiger partial charge in [-0.25, -0.2) is 4.79 Å². The van der Waals surface area contributed by atoms with Crippen LogP contribution < -0.4 is 0 Å². The van der Waals surface area contributed by atoms with Crippen LogP contribution in [0.25, 0.3) is 0 Å². The predicted molar refractivity (Wildman–Crippen MR) is 41.1 cm³/mol. The number of aldehydes is 1. The molecule has 0 aliphatic carbocycles. The van der Waals surface area contributed by atoms with Crippen LogP contribution in [0.1, 0.15) is 19.3 Å². The van der Waals surface area contributed by atoms with Crippen molar-refractivity contribution in [1.29, 1.82) is 0 Å². The number of allylic oxidation sites excluding steroid dienone is 1. The molecule has 0 aliphatic heterocycles. The molecule has 0 unspecified atom stereocenters. The van der Waals surface area contributed by atoms with Gasteiger partial charge in [-0.2, -0.15) is 0 Å². The standard InChI is InChI=1S/C8H12O3/c1-11-8(10)6-4-2-3-5-7-9/h4,6-7H,2-3,5H2,1H3/b6-4+. The molecular weight excluding hydrogens is 144 g/mol. The number of rotatable bonds is 5. The van der Waals surface area contributed by atoms with Gasteiger partial charge < -0.3 is 9.53 Å². The summed E-state index contributed by atoms with van der Waals surface area (Å²) in [5.74, 6) is -0.351.